The minimum Gasteiger partial charge on any atom is -0.375 e. The van der Waals surface area contributed by atoms with Gasteiger partial charge in [0.05, 0.1) is 37.0 Å². The third-order valence-electron chi connectivity index (χ3n) is 3.07. The molecule has 1 aliphatic rings. The van der Waals surface area contributed by atoms with Gasteiger partial charge in [0, 0.05) is 19.0 Å². The van der Waals surface area contributed by atoms with Crippen molar-refractivity contribution in [3.05, 3.63) is 30.4 Å². The van der Waals surface area contributed by atoms with Gasteiger partial charge < -0.3 is 14.6 Å². The molecule has 1 N–H and O–H groups in total. The Morgan fingerprint density at radius 2 is 2.53 bits per heavy atom. The lowest BCUT2D eigenvalue weighted by Crippen LogP contribution is -2.34. The summed E-state index contributed by atoms with van der Waals surface area (Å²) in [5.74, 6) is 0. The zero-order chi connectivity index (χ0) is 12.3. The monoisotopic (exact) mass is 235 g/mol. The predicted octanol–water partition coefficient (Wildman–Crippen LogP) is 1.85. The molecule has 0 fully saturated rings. The Labute approximate surface area is 103 Å². The molecule has 0 radical (unpaired) electrons. The summed E-state index contributed by atoms with van der Waals surface area (Å²) in [4.78, 5) is 4.50. The molecule has 1 aliphatic heterocycles. The number of imidazole rings is 1. The highest BCUT2D eigenvalue weighted by molar-refractivity contribution is 5.21. The molecule has 1 aromatic rings. The van der Waals surface area contributed by atoms with E-state index in [1.54, 1.807) is 6.08 Å². The molecular formula is C13H21N3O. The molecule has 0 unspecified atom stereocenters. The molecule has 1 aromatic heterocycles. The molecule has 4 heteroatoms. The topological polar surface area (TPSA) is 39.1 Å². The van der Waals surface area contributed by atoms with Crippen LogP contribution >= 0.6 is 0 Å². The highest BCUT2D eigenvalue weighted by Crippen LogP contribution is 2.25. The normalized spacial score (nSPS) is 19.4. The van der Waals surface area contributed by atoms with Crippen LogP contribution in [0.2, 0.25) is 0 Å². The van der Waals surface area contributed by atoms with Crippen LogP contribution in [0.1, 0.15) is 37.3 Å². The fourth-order valence-corrected chi connectivity index (χ4v) is 2.26. The van der Waals surface area contributed by atoms with Gasteiger partial charge in [0.25, 0.3) is 0 Å². The Morgan fingerprint density at radius 1 is 1.71 bits per heavy atom. The second-order valence-electron chi connectivity index (χ2n) is 4.66. The highest BCUT2D eigenvalue weighted by atomic mass is 16.5. The van der Waals surface area contributed by atoms with Gasteiger partial charge in [0.2, 0.25) is 0 Å². The van der Waals surface area contributed by atoms with Gasteiger partial charge in [-0.2, -0.15) is 0 Å². The van der Waals surface area contributed by atoms with E-state index in [1.165, 1.54) is 11.4 Å². The molecule has 2 heterocycles. The van der Waals surface area contributed by atoms with Crippen LogP contribution in [0.3, 0.4) is 0 Å². The number of hydrogen-bond donors (Lipinski definition) is 1. The first-order chi connectivity index (χ1) is 8.24. The van der Waals surface area contributed by atoms with Gasteiger partial charge >= 0.3 is 0 Å². The van der Waals surface area contributed by atoms with Crippen LogP contribution in [-0.4, -0.2) is 29.3 Å². The quantitative estimate of drug-likeness (QED) is 0.625. The average Bonchev–Trinajstić information content (AvgIpc) is 2.74. The number of ether oxygens (including phenoxy) is 1. The maximum atomic E-state index is 5.56. The van der Waals surface area contributed by atoms with Crippen molar-refractivity contribution >= 4 is 0 Å². The molecule has 94 valence electrons. The molecule has 4 nitrogen and oxygen atoms in total. The molecule has 0 bridgehead atoms. The summed E-state index contributed by atoms with van der Waals surface area (Å²) in [6.07, 6.45) is 4.74. The Bertz CT molecular complexity index is 384. The second-order valence-corrected chi connectivity index (χ2v) is 4.66. The molecule has 17 heavy (non-hydrogen) atoms. The van der Waals surface area contributed by atoms with Crippen LogP contribution < -0.4 is 5.32 Å². The van der Waals surface area contributed by atoms with Crippen molar-refractivity contribution in [1.29, 1.82) is 0 Å². The molecule has 0 aliphatic carbocycles. The molecule has 0 amide bonds. The van der Waals surface area contributed by atoms with Gasteiger partial charge in [-0.05, 0) is 13.8 Å². The van der Waals surface area contributed by atoms with Crippen LogP contribution in [0.15, 0.2) is 19.0 Å². The predicted molar refractivity (Wildman–Crippen MR) is 68.1 cm³/mol. The maximum absolute atomic E-state index is 5.56. The molecule has 2 rings (SSSR count). The van der Waals surface area contributed by atoms with Gasteiger partial charge in [-0.1, -0.05) is 6.08 Å². The summed E-state index contributed by atoms with van der Waals surface area (Å²) in [7, 11) is 0. The van der Waals surface area contributed by atoms with E-state index in [4.69, 9.17) is 4.74 Å². The van der Waals surface area contributed by atoms with Gasteiger partial charge in [-0.15, -0.1) is 6.58 Å². The van der Waals surface area contributed by atoms with Crippen LogP contribution in [0.25, 0.3) is 0 Å². The minimum absolute atomic E-state index is 0.253. The van der Waals surface area contributed by atoms with E-state index in [2.05, 4.69) is 35.3 Å². The zero-order valence-corrected chi connectivity index (χ0v) is 10.6. The Hall–Kier alpha value is -1.13. The molecule has 0 spiro atoms. The first kappa shape index (κ1) is 12.3. The SMILES string of the molecule is C=CCOC[C@@H]1NCCc2ncn(C(C)C)c21. The van der Waals surface area contributed by atoms with E-state index in [-0.39, 0.29) is 6.04 Å². The number of nitrogens with zero attached hydrogens (tertiary/aromatic N) is 2. The number of hydrogen-bond acceptors (Lipinski definition) is 3. The Balaban J connectivity index is 2.16. The summed E-state index contributed by atoms with van der Waals surface area (Å²) < 4.78 is 7.80. The summed E-state index contributed by atoms with van der Waals surface area (Å²) in [5, 5.41) is 3.50. The standard InChI is InChI=1S/C13H21N3O/c1-4-7-17-8-12-13-11(5-6-14-12)15-9-16(13)10(2)3/h4,9-10,12,14H,1,5-8H2,2-3H3/t12-/m0/s1. The molecule has 0 saturated heterocycles. The summed E-state index contributed by atoms with van der Waals surface area (Å²) in [6.45, 7) is 10.3. The van der Waals surface area contributed by atoms with E-state index < -0.39 is 0 Å². The van der Waals surface area contributed by atoms with Crippen molar-refractivity contribution in [2.45, 2.75) is 32.4 Å². The Morgan fingerprint density at radius 3 is 3.24 bits per heavy atom. The van der Waals surface area contributed by atoms with Crippen molar-refractivity contribution in [3.63, 3.8) is 0 Å². The van der Waals surface area contributed by atoms with Gasteiger partial charge in [0.1, 0.15) is 0 Å². The lowest BCUT2D eigenvalue weighted by molar-refractivity contribution is 0.130. The first-order valence-corrected chi connectivity index (χ1v) is 6.21. The summed E-state index contributed by atoms with van der Waals surface area (Å²) in [5.41, 5.74) is 2.50. The lowest BCUT2D eigenvalue weighted by atomic mass is 10.1. The van der Waals surface area contributed by atoms with Gasteiger partial charge in [-0.25, -0.2) is 4.98 Å². The number of aromatic nitrogens is 2. The van der Waals surface area contributed by atoms with E-state index in [0.717, 1.165) is 13.0 Å². The van der Waals surface area contributed by atoms with Crippen LogP contribution in [0.4, 0.5) is 0 Å². The maximum Gasteiger partial charge on any atom is 0.0954 e. The smallest absolute Gasteiger partial charge is 0.0954 e. The van der Waals surface area contributed by atoms with E-state index in [0.29, 0.717) is 19.3 Å². The lowest BCUT2D eigenvalue weighted by Gasteiger charge is -2.26. The van der Waals surface area contributed by atoms with Crippen LogP contribution in [0, 0.1) is 0 Å². The third kappa shape index (κ3) is 2.58. The van der Waals surface area contributed by atoms with Gasteiger partial charge in [-0.3, -0.25) is 0 Å². The molecule has 0 aromatic carbocycles. The van der Waals surface area contributed by atoms with E-state index in [1.807, 2.05) is 6.33 Å². The van der Waals surface area contributed by atoms with Crippen molar-refractivity contribution in [2.24, 2.45) is 0 Å². The fourth-order valence-electron chi connectivity index (χ4n) is 2.26. The first-order valence-electron chi connectivity index (χ1n) is 6.21. The molecule has 0 saturated carbocycles. The van der Waals surface area contributed by atoms with Crippen molar-refractivity contribution in [1.82, 2.24) is 14.9 Å². The minimum atomic E-state index is 0.253. The molecular weight excluding hydrogens is 214 g/mol. The van der Waals surface area contributed by atoms with E-state index >= 15 is 0 Å². The highest BCUT2D eigenvalue weighted by Gasteiger charge is 2.25. The average molecular weight is 235 g/mol. The van der Waals surface area contributed by atoms with Crippen molar-refractivity contribution in [3.8, 4) is 0 Å². The summed E-state index contributed by atoms with van der Waals surface area (Å²) >= 11 is 0. The Kier molecular flexibility index (Phi) is 3.97. The number of rotatable bonds is 5. The molecule has 1 atom stereocenters. The van der Waals surface area contributed by atoms with Gasteiger partial charge in [0.15, 0.2) is 0 Å². The zero-order valence-electron chi connectivity index (χ0n) is 10.6. The largest absolute Gasteiger partial charge is 0.375 e. The van der Waals surface area contributed by atoms with Crippen molar-refractivity contribution < 1.29 is 4.74 Å². The summed E-state index contributed by atoms with van der Waals surface area (Å²) in [6, 6.07) is 0.691. The van der Waals surface area contributed by atoms with Crippen LogP contribution in [0.5, 0.6) is 0 Å². The van der Waals surface area contributed by atoms with Crippen molar-refractivity contribution in [2.75, 3.05) is 19.8 Å². The fraction of sp³-hybridized carbons (Fsp3) is 0.615. The number of fused-ring (bicyclic) bond motifs is 1. The number of nitrogens with one attached hydrogen (secondary N) is 1. The third-order valence-corrected chi connectivity index (χ3v) is 3.07. The second kappa shape index (κ2) is 5.47. The van der Waals surface area contributed by atoms with E-state index in [9.17, 15) is 0 Å². The van der Waals surface area contributed by atoms with Crippen LogP contribution in [-0.2, 0) is 11.2 Å².